The van der Waals surface area contributed by atoms with Crippen LogP contribution in [0.25, 0.3) is 0 Å². The van der Waals surface area contributed by atoms with E-state index in [-0.39, 0.29) is 12.6 Å². The van der Waals surface area contributed by atoms with Crippen molar-refractivity contribution in [1.29, 1.82) is 0 Å². The van der Waals surface area contributed by atoms with Crippen molar-refractivity contribution in [2.45, 2.75) is 12.3 Å². The zero-order valence-electron chi connectivity index (χ0n) is 9.47. The molecule has 1 unspecified atom stereocenters. The van der Waals surface area contributed by atoms with Crippen molar-refractivity contribution in [2.75, 3.05) is 20.8 Å². The molecule has 0 spiro atoms. The van der Waals surface area contributed by atoms with Crippen LogP contribution in [0, 0.1) is 0 Å². The Morgan fingerprint density at radius 3 is 2.38 bits per heavy atom. The molecule has 0 aliphatic heterocycles. The van der Waals surface area contributed by atoms with Gasteiger partial charge in [0.25, 0.3) is 0 Å². The van der Waals surface area contributed by atoms with Crippen LogP contribution >= 0.6 is 0 Å². The standard InChI is InChI=1S/C12H16O4/c1-15-10-5-3-9(4-6-10)11(7-8-13)12(14)16-2/h3-6,11,13H,7-8H2,1-2H3. The zero-order chi connectivity index (χ0) is 12.0. The first-order chi connectivity index (χ1) is 7.72. The largest absolute Gasteiger partial charge is 0.497 e. The summed E-state index contributed by atoms with van der Waals surface area (Å²) in [6.45, 7) is -0.0498. The van der Waals surface area contributed by atoms with E-state index < -0.39 is 5.92 Å². The molecular formula is C12H16O4. The molecule has 1 atom stereocenters. The third kappa shape index (κ3) is 2.97. The summed E-state index contributed by atoms with van der Waals surface area (Å²) in [6, 6.07) is 7.16. The van der Waals surface area contributed by atoms with Crippen LogP contribution in [0.5, 0.6) is 5.75 Å². The quantitative estimate of drug-likeness (QED) is 0.767. The first-order valence-electron chi connectivity index (χ1n) is 5.05. The average Bonchev–Trinajstić information content (AvgIpc) is 2.35. The fourth-order valence-corrected chi connectivity index (χ4v) is 1.53. The monoisotopic (exact) mass is 224 g/mol. The van der Waals surface area contributed by atoms with Crippen LogP contribution in [-0.2, 0) is 9.53 Å². The van der Waals surface area contributed by atoms with Crippen molar-refractivity contribution in [1.82, 2.24) is 0 Å². The number of hydrogen-bond donors (Lipinski definition) is 1. The van der Waals surface area contributed by atoms with Gasteiger partial charge in [-0.25, -0.2) is 0 Å². The minimum atomic E-state index is -0.416. The average molecular weight is 224 g/mol. The lowest BCUT2D eigenvalue weighted by Gasteiger charge is -2.13. The maximum Gasteiger partial charge on any atom is 0.313 e. The Hall–Kier alpha value is -1.55. The second-order valence-electron chi connectivity index (χ2n) is 3.36. The number of aliphatic hydroxyl groups is 1. The molecule has 1 rings (SSSR count). The van der Waals surface area contributed by atoms with Crippen molar-refractivity contribution in [3.8, 4) is 5.75 Å². The summed E-state index contributed by atoms with van der Waals surface area (Å²) in [6.07, 6.45) is 0.360. The summed E-state index contributed by atoms with van der Waals surface area (Å²) in [5, 5.41) is 8.91. The van der Waals surface area contributed by atoms with E-state index in [1.807, 2.05) is 0 Å². The highest BCUT2D eigenvalue weighted by molar-refractivity contribution is 5.78. The molecule has 0 aliphatic rings. The van der Waals surface area contributed by atoms with Gasteiger partial charge in [-0.2, -0.15) is 0 Å². The fraction of sp³-hybridized carbons (Fsp3) is 0.417. The number of carbonyl (C=O) groups excluding carboxylic acids is 1. The molecule has 4 heteroatoms. The van der Waals surface area contributed by atoms with Crippen LogP contribution in [0.4, 0.5) is 0 Å². The lowest BCUT2D eigenvalue weighted by Crippen LogP contribution is -2.15. The number of esters is 1. The molecule has 0 amide bonds. The molecule has 0 bridgehead atoms. The number of carbonyl (C=O) groups is 1. The van der Waals surface area contributed by atoms with Crippen LogP contribution in [0.15, 0.2) is 24.3 Å². The van der Waals surface area contributed by atoms with Crippen LogP contribution in [-0.4, -0.2) is 31.9 Å². The fourth-order valence-electron chi connectivity index (χ4n) is 1.53. The minimum absolute atomic E-state index is 0.0498. The van der Waals surface area contributed by atoms with Crippen LogP contribution in [0.2, 0.25) is 0 Å². The van der Waals surface area contributed by atoms with Crippen LogP contribution < -0.4 is 4.74 Å². The highest BCUT2D eigenvalue weighted by atomic mass is 16.5. The Labute approximate surface area is 94.8 Å². The molecule has 1 N–H and O–H groups in total. The SMILES string of the molecule is COC(=O)C(CCO)c1ccc(OC)cc1. The third-order valence-corrected chi connectivity index (χ3v) is 2.42. The van der Waals surface area contributed by atoms with Gasteiger partial charge in [-0.15, -0.1) is 0 Å². The molecule has 0 saturated carbocycles. The van der Waals surface area contributed by atoms with Gasteiger partial charge >= 0.3 is 5.97 Å². The summed E-state index contributed by atoms with van der Waals surface area (Å²) in [5.41, 5.74) is 0.821. The predicted octanol–water partition coefficient (Wildman–Crippen LogP) is 1.33. The van der Waals surface area contributed by atoms with Gasteiger partial charge in [-0.1, -0.05) is 12.1 Å². The van der Waals surface area contributed by atoms with Crippen molar-refractivity contribution in [3.05, 3.63) is 29.8 Å². The Balaban J connectivity index is 2.87. The summed E-state index contributed by atoms with van der Waals surface area (Å²) in [5.74, 6) is -0.0171. The maximum atomic E-state index is 11.5. The molecule has 1 aromatic carbocycles. The van der Waals surface area contributed by atoms with E-state index in [1.54, 1.807) is 31.4 Å². The molecule has 0 fully saturated rings. The van der Waals surface area contributed by atoms with Gasteiger partial charge in [0, 0.05) is 6.61 Å². The van der Waals surface area contributed by atoms with Crippen molar-refractivity contribution in [3.63, 3.8) is 0 Å². The summed E-state index contributed by atoms with van der Waals surface area (Å²) >= 11 is 0. The molecule has 88 valence electrons. The van der Waals surface area contributed by atoms with Crippen molar-refractivity contribution in [2.24, 2.45) is 0 Å². The molecule has 16 heavy (non-hydrogen) atoms. The van der Waals surface area contributed by atoms with Gasteiger partial charge in [-0.05, 0) is 24.1 Å². The molecule has 0 radical (unpaired) electrons. The minimum Gasteiger partial charge on any atom is -0.497 e. The first kappa shape index (κ1) is 12.5. The van der Waals surface area contributed by atoms with Gasteiger partial charge in [-0.3, -0.25) is 4.79 Å². The molecular weight excluding hydrogens is 208 g/mol. The molecule has 0 heterocycles. The summed E-state index contributed by atoms with van der Waals surface area (Å²) in [7, 11) is 2.93. The Kier molecular flexibility index (Phi) is 4.79. The highest BCUT2D eigenvalue weighted by Gasteiger charge is 2.20. The van der Waals surface area contributed by atoms with Gasteiger partial charge in [0.15, 0.2) is 0 Å². The summed E-state index contributed by atoms with van der Waals surface area (Å²) in [4.78, 5) is 11.5. The normalized spacial score (nSPS) is 11.9. The third-order valence-electron chi connectivity index (χ3n) is 2.42. The molecule has 4 nitrogen and oxygen atoms in total. The van der Waals surface area contributed by atoms with E-state index in [0.717, 1.165) is 11.3 Å². The number of benzene rings is 1. The van der Waals surface area contributed by atoms with Gasteiger partial charge in [0.2, 0.25) is 0 Å². The summed E-state index contributed by atoms with van der Waals surface area (Å²) < 4.78 is 9.72. The number of aliphatic hydroxyl groups excluding tert-OH is 1. The molecule has 0 aliphatic carbocycles. The lowest BCUT2D eigenvalue weighted by atomic mass is 9.96. The van der Waals surface area contributed by atoms with E-state index >= 15 is 0 Å². The van der Waals surface area contributed by atoms with Gasteiger partial charge in [0.1, 0.15) is 5.75 Å². The Morgan fingerprint density at radius 1 is 1.31 bits per heavy atom. The topological polar surface area (TPSA) is 55.8 Å². The predicted molar refractivity (Wildman–Crippen MR) is 59.5 cm³/mol. The van der Waals surface area contributed by atoms with E-state index in [1.165, 1.54) is 7.11 Å². The van der Waals surface area contributed by atoms with Crippen molar-refractivity contribution >= 4 is 5.97 Å². The zero-order valence-corrected chi connectivity index (χ0v) is 9.47. The smallest absolute Gasteiger partial charge is 0.313 e. The number of ether oxygens (including phenoxy) is 2. The molecule has 1 aromatic rings. The number of rotatable bonds is 5. The second-order valence-corrected chi connectivity index (χ2v) is 3.36. The molecule has 0 aromatic heterocycles. The van der Waals surface area contributed by atoms with Gasteiger partial charge in [0.05, 0.1) is 20.1 Å². The Morgan fingerprint density at radius 2 is 1.94 bits per heavy atom. The maximum absolute atomic E-state index is 11.5. The van der Waals surface area contributed by atoms with Crippen LogP contribution in [0.3, 0.4) is 0 Å². The second kappa shape index (κ2) is 6.12. The van der Waals surface area contributed by atoms with Crippen molar-refractivity contribution < 1.29 is 19.4 Å². The van der Waals surface area contributed by atoms with Gasteiger partial charge < -0.3 is 14.6 Å². The van der Waals surface area contributed by atoms with E-state index in [2.05, 4.69) is 0 Å². The lowest BCUT2D eigenvalue weighted by molar-refractivity contribution is -0.142. The van der Waals surface area contributed by atoms with E-state index in [0.29, 0.717) is 6.42 Å². The van der Waals surface area contributed by atoms with E-state index in [9.17, 15) is 4.79 Å². The van der Waals surface area contributed by atoms with Crippen LogP contribution in [0.1, 0.15) is 17.9 Å². The highest BCUT2D eigenvalue weighted by Crippen LogP contribution is 2.23. The Bertz CT molecular complexity index is 331. The number of methoxy groups -OCH3 is 2. The number of hydrogen-bond acceptors (Lipinski definition) is 4. The first-order valence-corrected chi connectivity index (χ1v) is 5.05. The van der Waals surface area contributed by atoms with E-state index in [4.69, 9.17) is 14.6 Å². The molecule has 0 saturated heterocycles.